The monoisotopic (exact) mass is 242 g/mol. The summed E-state index contributed by atoms with van der Waals surface area (Å²) in [5.41, 5.74) is 1.87. The molecule has 0 fully saturated rings. The van der Waals surface area contributed by atoms with Crippen LogP contribution in [0.2, 0.25) is 0 Å². The number of thiazole rings is 1. The average molecular weight is 242 g/mol. The molecule has 0 saturated carbocycles. The van der Waals surface area contributed by atoms with Crippen molar-refractivity contribution in [1.29, 1.82) is 0 Å². The average Bonchev–Trinajstić information content (AvgIpc) is 2.75. The van der Waals surface area contributed by atoms with Gasteiger partial charge >= 0.3 is 4.87 Å². The van der Waals surface area contributed by atoms with E-state index >= 15 is 0 Å². The van der Waals surface area contributed by atoms with Crippen molar-refractivity contribution in [2.75, 3.05) is 0 Å². The Labute approximate surface area is 102 Å². The van der Waals surface area contributed by atoms with E-state index in [0.717, 1.165) is 16.6 Å². The molecule has 0 amide bonds. The fourth-order valence-electron chi connectivity index (χ4n) is 1.78. The van der Waals surface area contributed by atoms with Gasteiger partial charge in [0.15, 0.2) is 0 Å². The van der Waals surface area contributed by atoms with E-state index < -0.39 is 0 Å². The highest BCUT2D eigenvalue weighted by atomic mass is 32.1. The molecule has 1 aromatic carbocycles. The summed E-state index contributed by atoms with van der Waals surface area (Å²) in [6.07, 6.45) is 1.80. The van der Waals surface area contributed by atoms with Gasteiger partial charge in [-0.2, -0.15) is 0 Å². The van der Waals surface area contributed by atoms with Crippen LogP contribution in [0.4, 0.5) is 0 Å². The van der Waals surface area contributed by atoms with E-state index in [1.165, 1.54) is 11.3 Å². The molecule has 3 aromatic rings. The maximum absolute atomic E-state index is 11.4. The van der Waals surface area contributed by atoms with E-state index in [0.29, 0.717) is 6.54 Å². The molecule has 0 N–H and O–H groups in total. The lowest BCUT2D eigenvalue weighted by molar-refractivity contribution is 0.765. The lowest BCUT2D eigenvalue weighted by Crippen LogP contribution is -2.13. The van der Waals surface area contributed by atoms with Crippen LogP contribution in [0.1, 0.15) is 5.69 Å². The molecule has 0 saturated heterocycles. The Morgan fingerprint density at radius 3 is 2.88 bits per heavy atom. The summed E-state index contributed by atoms with van der Waals surface area (Å²) in [5.74, 6) is 0. The number of para-hydroxylation sites is 1. The molecule has 0 unspecified atom stereocenters. The standard InChI is InChI=1S/C13H10N2OS/c16-13-15(7-8-17-13)9-11-6-5-10-3-1-2-4-12(10)14-11/h1-8H,9H2. The van der Waals surface area contributed by atoms with Crippen molar-refractivity contribution in [3.8, 4) is 0 Å². The predicted octanol–water partition coefficient (Wildman–Crippen LogP) is 2.51. The third-order valence-corrected chi connectivity index (χ3v) is 3.33. The SMILES string of the molecule is O=c1sccn1Cc1ccc2ccccc2n1. The highest BCUT2D eigenvalue weighted by molar-refractivity contribution is 7.07. The van der Waals surface area contributed by atoms with E-state index in [9.17, 15) is 4.79 Å². The Morgan fingerprint density at radius 1 is 1.18 bits per heavy atom. The van der Waals surface area contributed by atoms with Gasteiger partial charge in [-0.05, 0) is 12.1 Å². The predicted molar refractivity (Wildman–Crippen MR) is 69.4 cm³/mol. The number of fused-ring (bicyclic) bond motifs is 1. The number of rotatable bonds is 2. The molecule has 2 heterocycles. The molecule has 3 rings (SSSR count). The largest absolute Gasteiger partial charge is 0.307 e. The smallest absolute Gasteiger partial charge is 0.300 e. The Balaban J connectivity index is 2.01. The van der Waals surface area contributed by atoms with Gasteiger partial charge in [0, 0.05) is 17.0 Å². The third kappa shape index (κ3) is 1.99. The van der Waals surface area contributed by atoms with Gasteiger partial charge in [0.1, 0.15) is 0 Å². The van der Waals surface area contributed by atoms with Crippen LogP contribution >= 0.6 is 11.3 Å². The molecule has 0 aliphatic rings. The molecule has 84 valence electrons. The van der Waals surface area contributed by atoms with Gasteiger partial charge < -0.3 is 0 Å². The van der Waals surface area contributed by atoms with Gasteiger partial charge in [0.2, 0.25) is 0 Å². The van der Waals surface area contributed by atoms with E-state index in [1.807, 2.05) is 36.4 Å². The van der Waals surface area contributed by atoms with Crippen molar-refractivity contribution in [3.63, 3.8) is 0 Å². The summed E-state index contributed by atoms with van der Waals surface area (Å²) in [6.45, 7) is 0.535. The molecule has 0 aliphatic heterocycles. The van der Waals surface area contributed by atoms with Crippen LogP contribution in [0.5, 0.6) is 0 Å². The van der Waals surface area contributed by atoms with Crippen LogP contribution < -0.4 is 4.87 Å². The first-order valence-electron chi connectivity index (χ1n) is 5.31. The molecular formula is C13H10N2OS. The minimum atomic E-state index is 0.0555. The third-order valence-electron chi connectivity index (χ3n) is 2.63. The fourth-order valence-corrected chi connectivity index (χ4v) is 2.36. The van der Waals surface area contributed by atoms with Gasteiger partial charge in [-0.1, -0.05) is 35.6 Å². The second kappa shape index (κ2) is 4.14. The van der Waals surface area contributed by atoms with Gasteiger partial charge in [-0.25, -0.2) is 0 Å². The highest BCUT2D eigenvalue weighted by Gasteiger charge is 2.01. The van der Waals surface area contributed by atoms with Gasteiger partial charge in [0.25, 0.3) is 0 Å². The van der Waals surface area contributed by atoms with Gasteiger partial charge in [0.05, 0.1) is 17.8 Å². The lowest BCUT2D eigenvalue weighted by atomic mass is 10.2. The van der Waals surface area contributed by atoms with Gasteiger partial charge in [-0.3, -0.25) is 14.3 Å². The normalized spacial score (nSPS) is 10.8. The van der Waals surface area contributed by atoms with E-state index in [-0.39, 0.29) is 4.87 Å². The molecule has 0 aliphatic carbocycles. The van der Waals surface area contributed by atoms with Crippen LogP contribution in [0, 0.1) is 0 Å². The van der Waals surface area contributed by atoms with Crippen molar-refractivity contribution in [2.45, 2.75) is 6.54 Å². The first-order chi connectivity index (χ1) is 8.33. The van der Waals surface area contributed by atoms with Crippen molar-refractivity contribution >= 4 is 22.2 Å². The summed E-state index contributed by atoms with van der Waals surface area (Å²) in [7, 11) is 0. The zero-order chi connectivity index (χ0) is 11.7. The Bertz CT molecular complexity index is 714. The zero-order valence-corrected chi connectivity index (χ0v) is 9.85. The van der Waals surface area contributed by atoms with E-state index in [1.54, 1.807) is 16.1 Å². The number of benzene rings is 1. The van der Waals surface area contributed by atoms with E-state index in [4.69, 9.17) is 0 Å². The second-order valence-electron chi connectivity index (χ2n) is 3.79. The van der Waals surface area contributed by atoms with Gasteiger partial charge in [-0.15, -0.1) is 0 Å². The molecule has 2 aromatic heterocycles. The van der Waals surface area contributed by atoms with Crippen molar-refractivity contribution in [3.05, 3.63) is 63.3 Å². The summed E-state index contributed by atoms with van der Waals surface area (Å²) in [6, 6.07) is 12.0. The van der Waals surface area contributed by atoms with Crippen molar-refractivity contribution in [2.24, 2.45) is 0 Å². The molecule has 0 atom stereocenters. The molecule has 0 radical (unpaired) electrons. The molecule has 3 nitrogen and oxygen atoms in total. The molecular weight excluding hydrogens is 232 g/mol. The Kier molecular flexibility index (Phi) is 2.49. The van der Waals surface area contributed by atoms with Crippen LogP contribution in [-0.4, -0.2) is 9.55 Å². The maximum Gasteiger partial charge on any atom is 0.307 e. The summed E-state index contributed by atoms with van der Waals surface area (Å²) in [4.78, 5) is 16.0. The van der Waals surface area contributed by atoms with Crippen LogP contribution in [0.3, 0.4) is 0 Å². The summed E-state index contributed by atoms with van der Waals surface area (Å²) >= 11 is 1.21. The summed E-state index contributed by atoms with van der Waals surface area (Å²) < 4.78 is 1.67. The Morgan fingerprint density at radius 2 is 2.06 bits per heavy atom. The number of aromatic nitrogens is 2. The minimum absolute atomic E-state index is 0.0555. The highest BCUT2D eigenvalue weighted by Crippen LogP contribution is 2.12. The van der Waals surface area contributed by atoms with Crippen LogP contribution in [-0.2, 0) is 6.54 Å². The Hall–Kier alpha value is -1.94. The fraction of sp³-hybridized carbons (Fsp3) is 0.0769. The maximum atomic E-state index is 11.4. The zero-order valence-electron chi connectivity index (χ0n) is 9.04. The molecule has 17 heavy (non-hydrogen) atoms. The second-order valence-corrected chi connectivity index (χ2v) is 4.65. The quantitative estimate of drug-likeness (QED) is 0.692. The number of pyridine rings is 1. The van der Waals surface area contributed by atoms with E-state index in [2.05, 4.69) is 4.98 Å². The molecule has 0 bridgehead atoms. The number of hydrogen-bond acceptors (Lipinski definition) is 3. The van der Waals surface area contributed by atoms with Crippen LogP contribution in [0.25, 0.3) is 10.9 Å². The van der Waals surface area contributed by atoms with Crippen molar-refractivity contribution < 1.29 is 0 Å². The van der Waals surface area contributed by atoms with Crippen LogP contribution in [0.15, 0.2) is 52.8 Å². The molecule has 4 heteroatoms. The number of nitrogens with zero attached hydrogens (tertiary/aromatic N) is 2. The summed E-state index contributed by atoms with van der Waals surface area (Å²) in [5, 5.41) is 2.91. The molecule has 0 spiro atoms. The minimum Gasteiger partial charge on any atom is -0.300 e. The van der Waals surface area contributed by atoms with Crippen molar-refractivity contribution in [1.82, 2.24) is 9.55 Å². The first-order valence-corrected chi connectivity index (χ1v) is 6.19. The number of hydrogen-bond donors (Lipinski definition) is 0. The lowest BCUT2D eigenvalue weighted by Gasteiger charge is -2.03. The first kappa shape index (κ1) is 10.2. The topological polar surface area (TPSA) is 34.9 Å².